The van der Waals surface area contributed by atoms with Gasteiger partial charge in [-0.25, -0.2) is 9.80 Å². The molecule has 3 amide bonds. The molecule has 0 aromatic heterocycles. The Kier molecular flexibility index (Phi) is 6.68. The molecule has 1 aromatic carbocycles. The minimum atomic E-state index is -0.214. The van der Waals surface area contributed by atoms with Crippen LogP contribution in [0.3, 0.4) is 0 Å². The van der Waals surface area contributed by atoms with Gasteiger partial charge in [0, 0.05) is 31.9 Å². The molecule has 0 bridgehead atoms. The van der Waals surface area contributed by atoms with Crippen LogP contribution in [-0.4, -0.2) is 71.7 Å². The first-order valence-electron chi connectivity index (χ1n) is 12.4. The standard InChI is InChI=1S/C26H32N6O3/c1-18-9-10-23-19(14-18)15-20(28-23)16-27-26(34)32(31-12-5-13-31)21-6-4-11-30(17-21)25(33)22-7-2-3-8-24(22)29-35/h2-3,7-9,14-15,21,23,28H,4-6,10-13,16-17H2,1H3,(H,27,34)/t21-,23?/m1/s1. The Labute approximate surface area is 205 Å². The van der Waals surface area contributed by atoms with Gasteiger partial charge >= 0.3 is 6.03 Å². The maximum Gasteiger partial charge on any atom is 0.332 e. The summed E-state index contributed by atoms with van der Waals surface area (Å²) in [4.78, 5) is 39.5. The van der Waals surface area contributed by atoms with Crippen molar-refractivity contribution in [1.82, 2.24) is 25.6 Å². The summed E-state index contributed by atoms with van der Waals surface area (Å²) in [6, 6.07) is 6.65. The van der Waals surface area contributed by atoms with Crippen LogP contribution in [0.15, 0.2) is 64.5 Å². The maximum absolute atomic E-state index is 13.4. The molecule has 184 valence electrons. The number of rotatable bonds is 6. The summed E-state index contributed by atoms with van der Waals surface area (Å²) in [5.41, 5.74) is 4.00. The van der Waals surface area contributed by atoms with Crippen LogP contribution < -0.4 is 10.6 Å². The maximum atomic E-state index is 13.4. The van der Waals surface area contributed by atoms with Crippen LogP contribution in [-0.2, 0) is 0 Å². The van der Waals surface area contributed by atoms with Crippen LogP contribution in [0.4, 0.5) is 10.5 Å². The Morgan fingerprint density at radius 1 is 1.17 bits per heavy atom. The van der Waals surface area contributed by atoms with E-state index >= 15 is 0 Å². The van der Waals surface area contributed by atoms with Crippen molar-refractivity contribution in [3.05, 3.63) is 69.8 Å². The lowest BCUT2D eigenvalue weighted by Gasteiger charge is -2.47. The number of nitrogens with zero attached hydrogens (tertiary/aromatic N) is 4. The minimum Gasteiger partial charge on any atom is -0.380 e. The van der Waals surface area contributed by atoms with Gasteiger partial charge in [0.2, 0.25) is 0 Å². The summed E-state index contributed by atoms with van der Waals surface area (Å²) < 4.78 is 0. The van der Waals surface area contributed by atoms with Gasteiger partial charge in [-0.15, -0.1) is 4.91 Å². The van der Waals surface area contributed by atoms with Crippen LogP contribution in [0.25, 0.3) is 0 Å². The van der Waals surface area contributed by atoms with E-state index in [-0.39, 0.29) is 23.7 Å². The molecule has 0 spiro atoms. The molecular weight excluding hydrogens is 444 g/mol. The largest absolute Gasteiger partial charge is 0.380 e. The number of hydrogen-bond acceptors (Lipinski definition) is 6. The molecule has 3 aliphatic heterocycles. The van der Waals surface area contributed by atoms with Gasteiger partial charge in [0.05, 0.1) is 24.2 Å². The molecular formula is C26H32N6O3. The van der Waals surface area contributed by atoms with Gasteiger partial charge < -0.3 is 15.5 Å². The summed E-state index contributed by atoms with van der Waals surface area (Å²) in [7, 11) is 0. The molecule has 2 N–H and O–H groups in total. The molecule has 3 heterocycles. The zero-order valence-electron chi connectivity index (χ0n) is 20.1. The van der Waals surface area contributed by atoms with E-state index < -0.39 is 0 Å². The SMILES string of the molecule is CC1=CCC2NC(CNC(=O)N([C@@H]3CCCN(C(=O)c4ccccc4N=O)C3)N3CCC3)=CC2=C1. The predicted octanol–water partition coefficient (Wildman–Crippen LogP) is 3.45. The fourth-order valence-corrected chi connectivity index (χ4v) is 5.25. The average Bonchev–Trinajstić information content (AvgIpc) is 3.26. The third-order valence-electron chi connectivity index (χ3n) is 7.21. The molecule has 4 aliphatic rings. The van der Waals surface area contributed by atoms with Gasteiger partial charge in [-0.2, -0.15) is 0 Å². The number of urea groups is 1. The highest BCUT2D eigenvalue weighted by atomic mass is 16.3. The van der Waals surface area contributed by atoms with Crippen molar-refractivity contribution in [2.45, 2.75) is 44.7 Å². The number of nitrogens with one attached hydrogen (secondary N) is 2. The summed E-state index contributed by atoms with van der Waals surface area (Å²) >= 11 is 0. The monoisotopic (exact) mass is 476 g/mol. The van der Waals surface area contributed by atoms with Crippen LogP contribution in [0.1, 0.15) is 43.0 Å². The Bertz CT molecular complexity index is 1110. The lowest BCUT2D eigenvalue weighted by molar-refractivity contribution is -0.0759. The molecule has 0 saturated carbocycles. The van der Waals surface area contributed by atoms with Gasteiger partial charge in [-0.1, -0.05) is 29.9 Å². The van der Waals surface area contributed by atoms with Crippen molar-refractivity contribution >= 4 is 17.6 Å². The highest BCUT2D eigenvalue weighted by Gasteiger charge is 2.37. The van der Waals surface area contributed by atoms with Gasteiger partial charge in [0.1, 0.15) is 5.69 Å². The smallest absolute Gasteiger partial charge is 0.332 e. The van der Waals surface area contributed by atoms with E-state index in [9.17, 15) is 14.5 Å². The van der Waals surface area contributed by atoms with E-state index in [1.165, 1.54) is 11.1 Å². The first kappa shape index (κ1) is 23.3. The molecule has 2 atom stereocenters. The first-order chi connectivity index (χ1) is 17.0. The lowest BCUT2D eigenvalue weighted by Crippen LogP contribution is -2.63. The second-order valence-corrected chi connectivity index (χ2v) is 9.66. The fourth-order valence-electron chi connectivity index (χ4n) is 5.25. The van der Waals surface area contributed by atoms with Crippen LogP contribution in [0.2, 0.25) is 0 Å². The number of likely N-dealkylation sites (tertiary alicyclic amines) is 1. The van der Waals surface area contributed by atoms with Crippen LogP contribution in [0.5, 0.6) is 0 Å². The molecule has 0 radical (unpaired) electrons. The lowest BCUT2D eigenvalue weighted by atomic mass is 9.97. The van der Waals surface area contributed by atoms with Gasteiger partial charge in [-0.3, -0.25) is 9.80 Å². The van der Waals surface area contributed by atoms with E-state index in [1.807, 2.05) is 5.01 Å². The second kappa shape index (κ2) is 10.0. The summed E-state index contributed by atoms with van der Waals surface area (Å²) in [5.74, 6) is -0.214. The molecule has 1 aromatic rings. The van der Waals surface area contributed by atoms with E-state index in [4.69, 9.17) is 0 Å². The predicted molar refractivity (Wildman–Crippen MR) is 134 cm³/mol. The number of piperidine rings is 1. The molecule has 2 fully saturated rings. The third-order valence-corrected chi connectivity index (χ3v) is 7.21. The molecule has 1 aliphatic carbocycles. The van der Waals surface area contributed by atoms with Crippen molar-refractivity contribution in [2.24, 2.45) is 5.18 Å². The molecule has 35 heavy (non-hydrogen) atoms. The number of hydrogen-bond donors (Lipinski definition) is 2. The van der Waals surface area contributed by atoms with E-state index in [0.717, 1.165) is 44.5 Å². The molecule has 9 nitrogen and oxygen atoms in total. The Hall–Kier alpha value is -3.46. The number of allylic oxidation sites excluding steroid dienone is 2. The van der Waals surface area contributed by atoms with Crippen LogP contribution in [0, 0.1) is 4.91 Å². The Morgan fingerprint density at radius 2 is 2.00 bits per heavy atom. The number of fused-ring (bicyclic) bond motifs is 1. The quantitative estimate of drug-likeness (QED) is 0.613. The molecule has 1 unspecified atom stereocenters. The Morgan fingerprint density at radius 3 is 2.77 bits per heavy atom. The number of carbonyl (C=O) groups is 2. The summed E-state index contributed by atoms with van der Waals surface area (Å²) in [5, 5.41) is 13.5. The highest BCUT2D eigenvalue weighted by Crippen LogP contribution is 2.27. The van der Waals surface area contributed by atoms with Crippen LogP contribution >= 0.6 is 0 Å². The molecule has 9 heteroatoms. The van der Waals surface area contributed by atoms with Crippen molar-refractivity contribution < 1.29 is 9.59 Å². The van der Waals surface area contributed by atoms with Gasteiger partial charge in [0.25, 0.3) is 5.91 Å². The number of amides is 3. The highest BCUT2D eigenvalue weighted by molar-refractivity contribution is 5.99. The first-order valence-corrected chi connectivity index (χ1v) is 12.4. The van der Waals surface area contributed by atoms with Crippen molar-refractivity contribution in [3.63, 3.8) is 0 Å². The summed E-state index contributed by atoms with van der Waals surface area (Å²) in [6.07, 6.45) is 10.2. The molecule has 2 saturated heterocycles. The number of benzene rings is 1. The number of hydrazine groups is 1. The van der Waals surface area contributed by atoms with Crippen molar-refractivity contribution in [2.75, 3.05) is 32.7 Å². The Balaban J connectivity index is 1.25. The second-order valence-electron chi connectivity index (χ2n) is 9.66. The van der Waals surface area contributed by atoms with E-state index in [1.54, 1.807) is 29.2 Å². The zero-order valence-corrected chi connectivity index (χ0v) is 20.1. The van der Waals surface area contributed by atoms with Gasteiger partial charge in [-0.05, 0) is 61.6 Å². The van der Waals surface area contributed by atoms with Crippen molar-refractivity contribution in [3.8, 4) is 0 Å². The minimum absolute atomic E-state index is 0.119. The average molecular weight is 477 g/mol. The normalized spacial score (nSPS) is 23.7. The molecule has 5 rings (SSSR count). The van der Waals surface area contributed by atoms with E-state index in [0.29, 0.717) is 31.2 Å². The van der Waals surface area contributed by atoms with E-state index in [2.05, 4.69) is 46.0 Å². The topological polar surface area (TPSA) is 97.4 Å². The number of nitroso groups, excluding NO2 is 1. The van der Waals surface area contributed by atoms with Gasteiger partial charge in [0.15, 0.2) is 0 Å². The van der Waals surface area contributed by atoms with Crippen molar-refractivity contribution in [1.29, 1.82) is 0 Å². The fraction of sp³-hybridized carbons (Fsp3) is 0.462. The third kappa shape index (κ3) is 4.86. The summed E-state index contributed by atoms with van der Waals surface area (Å²) in [6.45, 7) is 5.22. The zero-order chi connectivity index (χ0) is 24.4. The number of carbonyl (C=O) groups excluding carboxylic acids is 2.